The second-order valence-corrected chi connectivity index (χ2v) is 3.67. The number of aryl methyl sites for hydroxylation is 1. The van der Waals surface area contributed by atoms with Crippen LogP contribution in [-0.2, 0) is 10.4 Å². The molecule has 0 saturated carbocycles. The summed E-state index contributed by atoms with van der Waals surface area (Å²) < 4.78 is 41.5. The number of rotatable bonds is 2. The molecule has 0 heterocycles. The quantitative estimate of drug-likeness (QED) is 0.706. The molecule has 14 heavy (non-hydrogen) atoms. The first-order valence-electron chi connectivity index (χ1n) is 3.83. The molecular formula is C9H9F3OS. The molecule has 0 aliphatic carbocycles. The van der Waals surface area contributed by atoms with Crippen LogP contribution in [0.1, 0.15) is 11.1 Å². The van der Waals surface area contributed by atoms with Gasteiger partial charge in [0.25, 0.3) is 0 Å². The molecule has 0 amide bonds. The van der Waals surface area contributed by atoms with Gasteiger partial charge in [-0.1, -0.05) is 0 Å². The Morgan fingerprint density at radius 2 is 1.93 bits per heavy atom. The second kappa shape index (κ2) is 4.23. The van der Waals surface area contributed by atoms with Gasteiger partial charge in [-0.05, 0) is 30.7 Å². The summed E-state index contributed by atoms with van der Waals surface area (Å²) in [5.74, 6) is 0. The predicted molar refractivity (Wildman–Crippen MR) is 49.0 cm³/mol. The van der Waals surface area contributed by atoms with Crippen molar-refractivity contribution in [1.82, 2.24) is 0 Å². The zero-order chi connectivity index (χ0) is 10.8. The summed E-state index contributed by atoms with van der Waals surface area (Å²) in [6.07, 6.45) is -4.28. The Morgan fingerprint density at radius 3 is 2.36 bits per heavy atom. The van der Waals surface area contributed by atoms with Gasteiger partial charge in [-0.3, -0.25) is 0 Å². The fraction of sp³-hybridized carbons (Fsp3) is 0.333. The van der Waals surface area contributed by atoms with E-state index in [0.29, 0.717) is 10.5 Å². The van der Waals surface area contributed by atoms with E-state index < -0.39 is 11.7 Å². The SMILES string of the molecule is COSc1ccc(C(F)(F)F)cc1C. The number of alkyl halides is 3. The van der Waals surface area contributed by atoms with Crippen LogP contribution in [0.15, 0.2) is 23.1 Å². The van der Waals surface area contributed by atoms with Crippen LogP contribution in [0, 0.1) is 6.92 Å². The summed E-state index contributed by atoms with van der Waals surface area (Å²) in [5, 5.41) is 0. The van der Waals surface area contributed by atoms with Crippen LogP contribution in [-0.4, -0.2) is 7.11 Å². The van der Waals surface area contributed by atoms with Crippen molar-refractivity contribution in [3.8, 4) is 0 Å². The van der Waals surface area contributed by atoms with Crippen LogP contribution < -0.4 is 0 Å². The second-order valence-electron chi connectivity index (χ2n) is 2.73. The van der Waals surface area contributed by atoms with Gasteiger partial charge in [0, 0.05) is 16.9 Å². The van der Waals surface area contributed by atoms with E-state index in [2.05, 4.69) is 0 Å². The topological polar surface area (TPSA) is 9.23 Å². The Labute approximate surface area is 84.5 Å². The van der Waals surface area contributed by atoms with E-state index in [1.165, 1.54) is 13.2 Å². The Kier molecular flexibility index (Phi) is 3.44. The predicted octanol–water partition coefficient (Wildman–Crippen LogP) is 3.67. The maximum atomic E-state index is 12.2. The Bertz CT molecular complexity index is 322. The van der Waals surface area contributed by atoms with E-state index in [9.17, 15) is 13.2 Å². The first-order chi connectivity index (χ1) is 6.45. The molecule has 1 aromatic carbocycles. The van der Waals surface area contributed by atoms with E-state index in [1.807, 2.05) is 0 Å². The van der Waals surface area contributed by atoms with E-state index in [-0.39, 0.29) is 0 Å². The van der Waals surface area contributed by atoms with Gasteiger partial charge in [0.1, 0.15) is 0 Å². The van der Waals surface area contributed by atoms with Crippen LogP contribution in [0.4, 0.5) is 13.2 Å². The Balaban J connectivity index is 3.01. The largest absolute Gasteiger partial charge is 0.416 e. The summed E-state index contributed by atoms with van der Waals surface area (Å²) in [6, 6.07) is 3.57. The lowest BCUT2D eigenvalue weighted by atomic mass is 10.1. The first-order valence-corrected chi connectivity index (χ1v) is 4.58. The maximum absolute atomic E-state index is 12.2. The first kappa shape index (κ1) is 11.4. The zero-order valence-corrected chi connectivity index (χ0v) is 8.50. The van der Waals surface area contributed by atoms with E-state index in [1.54, 1.807) is 6.92 Å². The standard InChI is InChI=1S/C9H9F3OS/c1-6-5-7(9(10,11)12)3-4-8(6)14-13-2/h3-5H,1-2H3. The smallest absolute Gasteiger partial charge is 0.314 e. The van der Waals surface area contributed by atoms with Crippen molar-refractivity contribution in [2.75, 3.05) is 7.11 Å². The minimum Gasteiger partial charge on any atom is -0.314 e. The van der Waals surface area contributed by atoms with Crippen molar-refractivity contribution in [2.45, 2.75) is 18.0 Å². The molecule has 0 fully saturated rings. The van der Waals surface area contributed by atoms with Crippen LogP contribution in [0.2, 0.25) is 0 Å². The average Bonchev–Trinajstić information content (AvgIpc) is 2.07. The highest BCUT2D eigenvalue weighted by molar-refractivity contribution is 7.94. The molecule has 0 saturated heterocycles. The van der Waals surface area contributed by atoms with E-state index in [4.69, 9.17) is 4.18 Å². The maximum Gasteiger partial charge on any atom is 0.416 e. The molecule has 0 bridgehead atoms. The molecule has 0 atom stereocenters. The molecule has 0 spiro atoms. The Morgan fingerprint density at radius 1 is 1.29 bits per heavy atom. The minimum absolute atomic E-state index is 0.562. The third-order valence-corrected chi connectivity index (χ3v) is 2.48. The zero-order valence-electron chi connectivity index (χ0n) is 7.68. The Hall–Kier alpha value is -0.680. The van der Waals surface area contributed by atoms with Crippen molar-refractivity contribution in [3.05, 3.63) is 29.3 Å². The van der Waals surface area contributed by atoms with Gasteiger partial charge < -0.3 is 4.18 Å². The highest BCUT2D eigenvalue weighted by Gasteiger charge is 2.30. The van der Waals surface area contributed by atoms with Gasteiger partial charge in [-0.2, -0.15) is 13.2 Å². The van der Waals surface area contributed by atoms with E-state index in [0.717, 1.165) is 24.2 Å². The van der Waals surface area contributed by atoms with Crippen molar-refractivity contribution in [2.24, 2.45) is 0 Å². The van der Waals surface area contributed by atoms with Gasteiger partial charge in [-0.25, -0.2) is 0 Å². The van der Waals surface area contributed by atoms with Crippen LogP contribution >= 0.6 is 12.0 Å². The molecule has 0 aliphatic heterocycles. The van der Waals surface area contributed by atoms with Gasteiger partial charge in [0.15, 0.2) is 0 Å². The molecule has 0 unspecified atom stereocenters. The lowest BCUT2D eigenvalue weighted by Gasteiger charge is -2.09. The third-order valence-electron chi connectivity index (χ3n) is 1.68. The van der Waals surface area contributed by atoms with Crippen molar-refractivity contribution < 1.29 is 17.4 Å². The van der Waals surface area contributed by atoms with Crippen molar-refractivity contribution >= 4 is 12.0 Å². The number of hydrogen-bond acceptors (Lipinski definition) is 2. The normalized spacial score (nSPS) is 11.8. The molecule has 0 aromatic heterocycles. The van der Waals surface area contributed by atoms with Gasteiger partial charge >= 0.3 is 6.18 Å². The fourth-order valence-corrected chi connectivity index (χ4v) is 1.50. The van der Waals surface area contributed by atoms with Crippen LogP contribution in [0.3, 0.4) is 0 Å². The number of benzene rings is 1. The molecule has 0 N–H and O–H groups in total. The van der Waals surface area contributed by atoms with Crippen molar-refractivity contribution in [1.29, 1.82) is 0 Å². The van der Waals surface area contributed by atoms with E-state index >= 15 is 0 Å². The molecule has 78 valence electrons. The minimum atomic E-state index is -4.28. The molecular weight excluding hydrogens is 213 g/mol. The molecule has 5 heteroatoms. The van der Waals surface area contributed by atoms with Gasteiger partial charge in [-0.15, -0.1) is 0 Å². The molecule has 0 radical (unpaired) electrons. The fourth-order valence-electron chi connectivity index (χ4n) is 1.01. The summed E-state index contributed by atoms with van der Waals surface area (Å²) in [7, 11) is 1.47. The highest BCUT2D eigenvalue weighted by atomic mass is 32.2. The average molecular weight is 222 g/mol. The molecule has 1 nitrogen and oxygen atoms in total. The van der Waals surface area contributed by atoms with Crippen LogP contribution in [0.25, 0.3) is 0 Å². The number of halogens is 3. The molecule has 1 rings (SSSR count). The van der Waals surface area contributed by atoms with Crippen LogP contribution in [0.5, 0.6) is 0 Å². The summed E-state index contributed by atoms with van der Waals surface area (Å²) in [5.41, 5.74) is -0.0675. The third kappa shape index (κ3) is 2.65. The summed E-state index contributed by atoms with van der Waals surface area (Å²) >= 11 is 1.05. The summed E-state index contributed by atoms with van der Waals surface area (Å²) in [4.78, 5) is 0.695. The molecule has 1 aromatic rings. The van der Waals surface area contributed by atoms with Gasteiger partial charge in [0.05, 0.1) is 12.7 Å². The summed E-state index contributed by atoms with van der Waals surface area (Å²) in [6.45, 7) is 1.62. The van der Waals surface area contributed by atoms with Gasteiger partial charge in [0.2, 0.25) is 0 Å². The molecule has 0 aliphatic rings. The monoisotopic (exact) mass is 222 g/mol. The van der Waals surface area contributed by atoms with Crippen molar-refractivity contribution in [3.63, 3.8) is 0 Å². The highest BCUT2D eigenvalue weighted by Crippen LogP contribution is 2.32. The lowest BCUT2D eigenvalue weighted by molar-refractivity contribution is -0.137. The lowest BCUT2D eigenvalue weighted by Crippen LogP contribution is -2.05. The number of hydrogen-bond donors (Lipinski definition) is 0.